The van der Waals surface area contributed by atoms with E-state index < -0.39 is 0 Å². The van der Waals surface area contributed by atoms with Crippen LogP contribution in [0.4, 0.5) is 0 Å². The Morgan fingerprint density at radius 3 is 3.00 bits per heavy atom. The first-order valence-corrected chi connectivity index (χ1v) is 8.52. The van der Waals surface area contributed by atoms with Crippen LogP contribution in [0.1, 0.15) is 50.4 Å². The van der Waals surface area contributed by atoms with Crippen molar-refractivity contribution in [3.05, 3.63) is 22.4 Å². The topological polar surface area (TPSA) is 15.3 Å². The van der Waals surface area contributed by atoms with Gasteiger partial charge in [0, 0.05) is 30.1 Å². The van der Waals surface area contributed by atoms with Gasteiger partial charge in [0.15, 0.2) is 0 Å². The van der Waals surface area contributed by atoms with Crippen molar-refractivity contribution in [3.63, 3.8) is 0 Å². The minimum atomic E-state index is 0.485. The molecular weight excluding hydrogens is 252 g/mol. The molecule has 1 aliphatic carbocycles. The van der Waals surface area contributed by atoms with E-state index in [9.17, 15) is 0 Å². The summed E-state index contributed by atoms with van der Waals surface area (Å²) in [6, 6.07) is 5.64. The van der Waals surface area contributed by atoms with Crippen molar-refractivity contribution >= 4 is 11.3 Å². The Morgan fingerprint density at radius 2 is 2.32 bits per heavy atom. The number of likely N-dealkylation sites (N-methyl/N-ethyl adjacent to an activating group) is 1. The molecule has 1 heterocycles. The summed E-state index contributed by atoms with van der Waals surface area (Å²) in [7, 11) is 2.29. The standard InChI is InChI=1S/C16H28N2S/c1-13-6-4-7-15(12-13)18(3)10-9-17-14(2)16-8-5-11-19-16/h5,8,11,13-15,17H,4,6-7,9-10,12H2,1-3H3. The minimum absolute atomic E-state index is 0.485. The second-order valence-electron chi connectivity index (χ2n) is 6.10. The summed E-state index contributed by atoms with van der Waals surface area (Å²) in [5, 5.41) is 5.79. The van der Waals surface area contributed by atoms with Gasteiger partial charge in [-0.2, -0.15) is 0 Å². The van der Waals surface area contributed by atoms with Crippen LogP contribution in [-0.2, 0) is 0 Å². The molecule has 19 heavy (non-hydrogen) atoms. The van der Waals surface area contributed by atoms with E-state index in [2.05, 4.69) is 48.6 Å². The molecule has 0 aliphatic heterocycles. The molecule has 1 fully saturated rings. The second kappa shape index (κ2) is 7.41. The van der Waals surface area contributed by atoms with Gasteiger partial charge >= 0.3 is 0 Å². The van der Waals surface area contributed by atoms with Crippen LogP contribution in [0.25, 0.3) is 0 Å². The van der Waals surface area contributed by atoms with Gasteiger partial charge in [0.2, 0.25) is 0 Å². The van der Waals surface area contributed by atoms with E-state index in [0.29, 0.717) is 6.04 Å². The molecule has 1 aromatic rings. The van der Waals surface area contributed by atoms with Gasteiger partial charge in [0.1, 0.15) is 0 Å². The molecule has 0 spiro atoms. The zero-order chi connectivity index (χ0) is 13.7. The minimum Gasteiger partial charge on any atom is -0.308 e. The highest BCUT2D eigenvalue weighted by atomic mass is 32.1. The van der Waals surface area contributed by atoms with Crippen LogP contribution in [0.15, 0.2) is 17.5 Å². The molecule has 2 nitrogen and oxygen atoms in total. The molecular formula is C16H28N2S. The highest BCUT2D eigenvalue weighted by Gasteiger charge is 2.21. The van der Waals surface area contributed by atoms with Gasteiger partial charge in [-0.1, -0.05) is 25.8 Å². The smallest absolute Gasteiger partial charge is 0.0386 e. The number of hydrogen-bond donors (Lipinski definition) is 1. The Morgan fingerprint density at radius 1 is 1.47 bits per heavy atom. The Hall–Kier alpha value is -0.380. The van der Waals surface area contributed by atoms with Crippen LogP contribution in [0, 0.1) is 5.92 Å². The molecule has 1 N–H and O–H groups in total. The molecule has 0 radical (unpaired) electrons. The third-order valence-corrected chi connectivity index (χ3v) is 5.47. The molecule has 1 aliphatic rings. The van der Waals surface area contributed by atoms with Gasteiger partial charge in [-0.25, -0.2) is 0 Å². The van der Waals surface area contributed by atoms with Crippen LogP contribution in [0.2, 0.25) is 0 Å². The zero-order valence-electron chi connectivity index (χ0n) is 12.6. The monoisotopic (exact) mass is 280 g/mol. The van der Waals surface area contributed by atoms with Gasteiger partial charge in [-0.05, 0) is 44.2 Å². The second-order valence-corrected chi connectivity index (χ2v) is 7.08. The molecule has 0 aromatic carbocycles. The van der Waals surface area contributed by atoms with E-state index in [4.69, 9.17) is 0 Å². The van der Waals surface area contributed by atoms with Crippen molar-refractivity contribution in [1.29, 1.82) is 0 Å². The van der Waals surface area contributed by atoms with E-state index >= 15 is 0 Å². The van der Waals surface area contributed by atoms with Gasteiger partial charge < -0.3 is 10.2 Å². The average molecular weight is 280 g/mol. The Balaban J connectivity index is 1.67. The fraction of sp³-hybridized carbons (Fsp3) is 0.750. The van der Waals surface area contributed by atoms with E-state index in [1.165, 1.54) is 30.6 Å². The van der Waals surface area contributed by atoms with Crippen molar-refractivity contribution in [2.75, 3.05) is 20.1 Å². The highest BCUT2D eigenvalue weighted by Crippen LogP contribution is 2.26. The third-order valence-electron chi connectivity index (χ3n) is 4.42. The summed E-state index contributed by atoms with van der Waals surface area (Å²) < 4.78 is 0. The van der Waals surface area contributed by atoms with E-state index in [0.717, 1.165) is 25.0 Å². The number of thiophene rings is 1. The summed E-state index contributed by atoms with van der Waals surface area (Å²) in [6.45, 7) is 6.90. The van der Waals surface area contributed by atoms with Crippen molar-refractivity contribution in [1.82, 2.24) is 10.2 Å². The Labute approximate surface area is 122 Å². The summed E-state index contributed by atoms with van der Waals surface area (Å²) in [5.74, 6) is 0.916. The molecule has 2 rings (SSSR count). The Bertz CT molecular complexity index is 350. The van der Waals surface area contributed by atoms with Gasteiger partial charge in [0.25, 0.3) is 0 Å². The van der Waals surface area contributed by atoms with Crippen molar-refractivity contribution in [2.45, 2.75) is 51.6 Å². The summed E-state index contributed by atoms with van der Waals surface area (Å²) >= 11 is 1.84. The first-order chi connectivity index (χ1) is 9.16. The van der Waals surface area contributed by atoms with Gasteiger partial charge in [-0.15, -0.1) is 11.3 Å². The lowest BCUT2D eigenvalue weighted by molar-refractivity contribution is 0.164. The number of nitrogens with one attached hydrogen (secondary N) is 1. The zero-order valence-corrected chi connectivity index (χ0v) is 13.4. The van der Waals surface area contributed by atoms with Crippen LogP contribution in [-0.4, -0.2) is 31.1 Å². The number of hydrogen-bond acceptors (Lipinski definition) is 3. The quantitative estimate of drug-likeness (QED) is 0.850. The van der Waals surface area contributed by atoms with Crippen molar-refractivity contribution in [2.24, 2.45) is 5.92 Å². The van der Waals surface area contributed by atoms with E-state index in [1.54, 1.807) is 0 Å². The summed E-state index contributed by atoms with van der Waals surface area (Å²) in [4.78, 5) is 4.00. The molecule has 3 atom stereocenters. The average Bonchev–Trinajstić information content (AvgIpc) is 2.92. The largest absolute Gasteiger partial charge is 0.308 e. The SMILES string of the molecule is CC1CCCC(N(C)CCNC(C)c2cccs2)C1. The predicted octanol–water partition coefficient (Wildman–Crippen LogP) is 3.91. The molecule has 3 unspecified atom stereocenters. The summed E-state index contributed by atoms with van der Waals surface area (Å²) in [6.07, 6.45) is 5.62. The fourth-order valence-electron chi connectivity index (χ4n) is 3.08. The normalized spacial score (nSPS) is 25.7. The van der Waals surface area contributed by atoms with Crippen LogP contribution in [0.3, 0.4) is 0 Å². The first-order valence-electron chi connectivity index (χ1n) is 7.64. The van der Waals surface area contributed by atoms with Crippen LogP contribution < -0.4 is 5.32 Å². The van der Waals surface area contributed by atoms with E-state index in [1.807, 2.05) is 11.3 Å². The molecule has 108 valence electrons. The highest BCUT2D eigenvalue weighted by molar-refractivity contribution is 7.10. The maximum absolute atomic E-state index is 3.63. The number of nitrogens with zero attached hydrogens (tertiary/aromatic N) is 1. The lowest BCUT2D eigenvalue weighted by atomic mass is 9.86. The number of rotatable bonds is 6. The Kier molecular flexibility index (Phi) is 5.86. The third kappa shape index (κ3) is 4.59. The fourth-order valence-corrected chi connectivity index (χ4v) is 3.84. The molecule has 0 saturated heterocycles. The molecule has 3 heteroatoms. The van der Waals surface area contributed by atoms with Crippen molar-refractivity contribution in [3.8, 4) is 0 Å². The molecule has 1 saturated carbocycles. The van der Waals surface area contributed by atoms with E-state index in [-0.39, 0.29) is 0 Å². The maximum Gasteiger partial charge on any atom is 0.0386 e. The molecule has 0 bridgehead atoms. The predicted molar refractivity (Wildman–Crippen MR) is 84.8 cm³/mol. The van der Waals surface area contributed by atoms with Crippen molar-refractivity contribution < 1.29 is 0 Å². The summed E-state index contributed by atoms with van der Waals surface area (Å²) in [5.41, 5.74) is 0. The maximum atomic E-state index is 3.63. The first kappa shape index (κ1) is 15.0. The van der Waals surface area contributed by atoms with Gasteiger partial charge in [-0.3, -0.25) is 0 Å². The van der Waals surface area contributed by atoms with Crippen LogP contribution >= 0.6 is 11.3 Å². The van der Waals surface area contributed by atoms with Gasteiger partial charge in [0.05, 0.1) is 0 Å². The molecule has 1 aromatic heterocycles. The molecule has 0 amide bonds. The lowest BCUT2D eigenvalue weighted by Crippen LogP contribution is -2.39. The van der Waals surface area contributed by atoms with Crippen LogP contribution in [0.5, 0.6) is 0 Å². The lowest BCUT2D eigenvalue weighted by Gasteiger charge is -2.34.